The van der Waals surface area contributed by atoms with E-state index in [0.29, 0.717) is 19.0 Å². The van der Waals surface area contributed by atoms with E-state index in [0.717, 1.165) is 12.8 Å². The lowest BCUT2D eigenvalue weighted by atomic mass is 9.92. The van der Waals surface area contributed by atoms with Crippen LogP contribution < -0.4 is 5.73 Å². The fraction of sp³-hybridized carbons (Fsp3) is 1.00. The van der Waals surface area contributed by atoms with E-state index in [9.17, 15) is 8.42 Å². The van der Waals surface area contributed by atoms with Gasteiger partial charge in [0.05, 0.1) is 11.9 Å². The first kappa shape index (κ1) is 14.9. The lowest BCUT2D eigenvalue weighted by Gasteiger charge is -2.33. The Morgan fingerprint density at radius 3 is 2.29 bits per heavy atom. The van der Waals surface area contributed by atoms with Gasteiger partial charge in [-0.1, -0.05) is 0 Å². The number of hydrogen-bond donors (Lipinski definition) is 1. The molecule has 0 amide bonds. The smallest absolute Gasteiger partial charge is 0.216 e. The van der Waals surface area contributed by atoms with Gasteiger partial charge in [0.1, 0.15) is 0 Å². The van der Waals surface area contributed by atoms with Crippen molar-refractivity contribution in [3.63, 3.8) is 0 Å². The zero-order valence-electron chi connectivity index (χ0n) is 10.9. The average molecular weight is 264 g/mol. The molecule has 1 aliphatic rings. The van der Waals surface area contributed by atoms with Gasteiger partial charge < -0.3 is 10.5 Å². The molecule has 0 aromatic rings. The molecule has 2 atom stereocenters. The number of piperidine rings is 1. The van der Waals surface area contributed by atoms with Crippen LogP contribution in [0.25, 0.3) is 0 Å². The van der Waals surface area contributed by atoms with Crippen molar-refractivity contribution >= 4 is 10.0 Å². The van der Waals surface area contributed by atoms with E-state index in [-0.39, 0.29) is 17.9 Å². The van der Waals surface area contributed by atoms with Crippen molar-refractivity contribution < 1.29 is 13.2 Å². The van der Waals surface area contributed by atoms with Gasteiger partial charge in [0.25, 0.3) is 0 Å². The highest BCUT2D eigenvalue weighted by Gasteiger charge is 2.30. The zero-order chi connectivity index (χ0) is 13.1. The van der Waals surface area contributed by atoms with Crippen molar-refractivity contribution in [2.75, 3.05) is 26.0 Å². The molecule has 0 aliphatic carbocycles. The first-order valence-electron chi connectivity index (χ1n) is 6.13. The van der Waals surface area contributed by atoms with Gasteiger partial charge in [-0.15, -0.1) is 0 Å². The molecule has 1 fully saturated rings. The van der Waals surface area contributed by atoms with Crippen LogP contribution in [0.2, 0.25) is 0 Å². The van der Waals surface area contributed by atoms with Gasteiger partial charge in [0.2, 0.25) is 10.0 Å². The molecule has 0 radical (unpaired) electrons. The molecule has 1 saturated heterocycles. The summed E-state index contributed by atoms with van der Waals surface area (Å²) in [5, 5.41) is 0. The topological polar surface area (TPSA) is 72.6 Å². The van der Waals surface area contributed by atoms with Gasteiger partial charge in [0.15, 0.2) is 0 Å². The van der Waals surface area contributed by atoms with Crippen LogP contribution in [-0.4, -0.2) is 50.8 Å². The summed E-state index contributed by atoms with van der Waals surface area (Å²) in [5.74, 6) is 0.507. The van der Waals surface area contributed by atoms with E-state index in [2.05, 4.69) is 0 Å². The quantitative estimate of drug-likeness (QED) is 0.780. The second-order valence-corrected chi connectivity index (χ2v) is 6.93. The van der Waals surface area contributed by atoms with E-state index in [1.54, 1.807) is 11.2 Å². The molecule has 0 spiro atoms. The average Bonchev–Trinajstić information content (AvgIpc) is 2.28. The predicted molar refractivity (Wildman–Crippen MR) is 68.2 cm³/mol. The number of nitrogens with two attached hydrogens (primary N) is 1. The Kier molecular flexibility index (Phi) is 5.37. The number of hydrogen-bond acceptors (Lipinski definition) is 4. The number of rotatable bonds is 5. The fourth-order valence-electron chi connectivity index (χ4n) is 2.15. The summed E-state index contributed by atoms with van der Waals surface area (Å²) < 4.78 is 30.7. The highest BCUT2D eigenvalue weighted by Crippen LogP contribution is 2.22. The lowest BCUT2D eigenvalue weighted by molar-refractivity contribution is 0.134. The minimum Gasteiger partial charge on any atom is -0.381 e. The van der Waals surface area contributed by atoms with Crippen molar-refractivity contribution in [1.82, 2.24) is 4.31 Å². The summed E-state index contributed by atoms with van der Waals surface area (Å²) in [4.78, 5) is 0. The van der Waals surface area contributed by atoms with Gasteiger partial charge in [-0.05, 0) is 32.6 Å². The van der Waals surface area contributed by atoms with Crippen molar-refractivity contribution in [3.05, 3.63) is 0 Å². The number of ether oxygens (including phenoxy) is 1. The van der Waals surface area contributed by atoms with E-state index < -0.39 is 10.0 Å². The van der Waals surface area contributed by atoms with Crippen molar-refractivity contribution in [3.8, 4) is 0 Å². The molecule has 0 aromatic heterocycles. The molecule has 0 saturated carbocycles. The highest BCUT2D eigenvalue weighted by molar-refractivity contribution is 7.89. The van der Waals surface area contributed by atoms with Crippen LogP contribution in [-0.2, 0) is 14.8 Å². The molecule has 0 bridgehead atoms. The molecule has 0 aromatic carbocycles. The first-order chi connectivity index (χ1) is 7.86. The number of methoxy groups -OCH3 is 1. The number of sulfonamides is 1. The van der Waals surface area contributed by atoms with Gasteiger partial charge in [-0.3, -0.25) is 0 Å². The van der Waals surface area contributed by atoms with E-state index >= 15 is 0 Å². The largest absolute Gasteiger partial charge is 0.381 e. The van der Waals surface area contributed by atoms with Crippen LogP contribution in [0.3, 0.4) is 0 Å². The molecule has 2 unspecified atom stereocenters. The third-order valence-electron chi connectivity index (χ3n) is 3.48. The highest BCUT2D eigenvalue weighted by atomic mass is 32.2. The van der Waals surface area contributed by atoms with Gasteiger partial charge in [0, 0.05) is 26.2 Å². The molecule has 1 aliphatic heterocycles. The Labute approximate surface area is 104 Å². The second-order valence-electron chi connectivity index (χ2n) is 4.92. The minimum atomic E-state index is -3.18. The Bertz CT molecular complexity index is 322. The van der Waals surface area contributed by atoms with Crippen LogP contribution in [0.15, 0.2) is 0 Å². The molecule has 102 valence electrons. The van der Waals surface area contributed by atoms with Gasteiger partial charge >= 0.3 is 0 Å². The fourth-order valence-corrected chi connectivity index (χ4v) is 3.86. The Hall–Kier alpha value is -0.170. The molecule has 1 rings (SSSR count). The van der Waals surface area contributed by atoms with Crippen LogP contribution in [0, 0.1) is 5.92 Å². The standard InChI is InChI=1S/C11H24N2O3S/c1-9(16-3)8-17(14,15)13-6-4-11(5-7-13)10(2)12/h9-11H,4-8,12H2,1-3H3. The lowest BCUT2D eigenvalue weighted by Crippen LogP contribution is -2.44. The maximum absolute atomic E-state index is 12.0. The second kappa shape index (κ2) is 6.13. The van der Waals surface area contributed by atoms with Gasteiger partial charge in [-0.25, -0.2) is 12.7 Å². The van der Waals surface area contributed by atoms with Crippen LogP contribution in [0.1, 0.15) is 26.7 Å². The van der Waals surface area contributed by atoms with Crippen LogP contribution in [0.4, 0.5) is 0 Å². The summed E-state index contributed by atoms with van der Waals surface area (Å²) in [6.45, 7) is 4.93. The summed E-state index contributed by atoms with van der Waals surface area (Å²) in [5.41, 5.74) is 5.84. The monoisotopic (exact) mass is 264 g/mol. The SMILES string of the molecule is COC(C)CS(=O)(=O)N1CCC(C(C)N)CC1. The Morgan fingerprint density at radius 1 is 1.35 bits per heavy atom. The number of nitrogens with zero attached hydrogens (tertiary/aromatic N) is 1. The van der Waals surface area contributed by atoms with E-state index in [1.807, 2.05) is 6.92 Å². The van der Waals surface area contributed by atoms with Gasteiger partial charge in [-0.2, -0.15) is 0 Å². The third kappa shape index (κ3) is 4.21. The summed E-state index contributed by atoms with van der Waals surface area (Å²) in [6.07, 6.45) is 1.46. The van der Waals surface area contributed by atoms with Crippen molar-refractivity contribution in [2.24, 2.45) is 11.7 Å². The van der Waals surface area contributed by atoms with E-state index in [1.165, 1.54) is 7.11 Å². The summed E-state index contributed by atoms with van der Waals surface area (Å²) in [6, 6.07) is 0.151. The third-order valence-corrected chi connectivity index (χ3v) is 5.53. The molecular formula is C11H24N2O3S. The minimum absolute atomic E-state index is 0.0619. The molecule has 17 heavy (non-hydrogen) atoms. The molecule has 2 N–H and O–H groups in total. The molecule has 1 heterocycles. The first-order valence-corrected chi connectivity index (χ1v) is 7.74. The maximum atomic E-state index is 12.0. The Balaban J connectivity index is 2.53. The predicted octanol–water partition coefficient (Wildman–Crippen LogP) is 0.410. The van der Waals surface area contributed by atoms with Crippen LogP contribution in [0.5, 0.6) is 0 Å². The normalized spacial score (nSPS) is 23.5. The Morgan fingerprint density at radius 2 is 1.88 bits per heavy atom. The molecular weight excluding hydrogens is 240 g/mol. The zero-order valence-corrected chi connectivity index (χ0v) is 11.7. The summed E-state index contributed by atoms with van der Waals surface area (Å²) in [7, 11) is -1.65. The molecule has 6 heteroatoms. The van der Waals surface area contributed by atoms with E-state index in [4.69, 9.17) is 10.5 Å². The van der Waals surface area contributed by atoms with Crippen molar-refractivity contribution in [1.29, 1.82) is 0 Å². The molecule has 5 nitrogen and oxygen atoms in total. The summed E-state index contributed by atoms with van der Waals surface area (Å²) >= 11 is 0. The maximum Gasteiger partial charge on any atom is 0.216 e. The van der Waals surface area contributed by atoms with Crippen molar-refractivity contribution in [2.45, 2.75) is 38.8 Å². The van der Waals surface area contributed by atoms with Crippen LogP contribution >= 0.6 is 0 Å².